The summed E-state index contributed by atoms with van der Waals surface area (Å²) in [5.74, 6) is 0.422. The Morgan fingerprint density at radius 3 is 2.61 bits per heavy atom. The molecule has 7 heteroatoms. The second-order valence-electron chi connectivity index (χ2n) is 3.26. The van der Waals surface area contributed by atoms with E-state index in [9.17, 15) is 10.1 Å². The number of benzene rings is 1. The largest absolute Gasteiger partial charge is 0.431 e. The molecule has 1 heterocycles. The number of para-hydroxylation sites is 1. The molecule has 1 aromatic heterocycles. The molecule has 5 nitrogen and oxygen atoms in total. The van der Waals surface area contributed by atoms with Gasteiger partial charge >= 0.3 is 5.69 Å². The first kappa shape index (κ1) is 13.0. The molecule has 0 bridgehead atoms. The molecule has 0 aliphatic heterocycles. The van der Waals surface area contributed by atoms with Crippen molar-refractivity contribution >= 4 is 37.5 Å². The first-order chi connectivity index (χ1) is 8.58. The van der Waals surface area contributed by atoms with Crippen LogP contribution in [-0.4, -0.2) is 9.91 Å². The average Bonchev–Trinajstić information content (AvgIpc) is 2.34. The van der Waals surface area contributed by atoms with Gasteiger partial charge in [-0.2, -0.15) is 0 Å². The SMILES string of the molecule is O=[N+]([O-])c1cccc(Br)c1Oc1ccc(Br)cn1. The lowest BCUT2D eigenvalue weighted by Gasteiger charge is -2.07. The summed E-state index contributed by atoms with van der Waals surface area (Å²) in [5.41, 5.74) is -0.117. The van der Waals surface area contributed by atoms with Crippen LogP contribution in [0.5, 0.6) is 11.6 Å². The van der Waals surface area contributed by atoms with Gasteiger partial charge in [0.2, 0.25) is 11.6 Å². The van der Waals surface area contributed by atoms with Gasteiger partial charge in [-0.05, 0) is 44.0 Å². The number of halogens is 2. The molecule has 2 aromatic rings. The van der Waals surface area contributed by atoms with Crippen LogP contribution >= 0.6 is 31.9 Å². The van der Waals surface area contributed by atoms with Gasteiger partial charge in [-0.15, -0.1) is 0 Å². The summed E-state index contributed by atoms with van der Waals surface area (Å²) >= 11 is 6.47. The van der Waals surface area contributed by atoms with Crippen molar-refractivity contribution in [1.29, 1.82) is 0 Å². The third kappa shape index (κ3) is 2.85. The van der Waals surface area contributed by atoms with Crippen molar-refractivity contribution in [2.24, 2.45) is 0 Å². The molecule has 18 heavy (non-hydrogen) atoms. The van der Waals surface area contributed by atoms with E-state index in [0.29, 0.717) is 4.47 Å². The Balaban J connectivity index is 2.39. The Bertz CT molecular complexity index is 587. The molecule has 0 amide bonds. The second kappa shape index (κ2) is 5.45. The number of hydrogen-bond acceptors (Lipinski definition) is 4. The molecule has 0 saturated heterocycles. The number of nitro groups is 1. The number of nitro benzene ring substituents is 1. The Morgan fingerprint density at radius 1 is 1.22 bits per heavy atom. The molecule has 0 fully saturated rings. The minimum atomic E-state index is -0.501. The molecular formula is C11H6Br2N2O3. The van der Waals surface area contributed by atoms with Crippen molar-refractivity contribution in [2.45, 2.75) is 0 Å². The molecule has 0 saturated carbocycles. The molecule has 0 unspecified atom stereocenters. The highest BCUT2D eigenvalue weighted by Gasteiger charge is 2.18. The minimum Gasteiger partial charge on any atom is -0.431 e. The number of hydrogen-bond donors (Lipinski definition) is 0. The smallest absolute Gasteiger partial charge is 0.312 e. The zero-order chi connectivity index (χ0) is 13.1. The molecule has 0 aliphatic carbocycles. The van der Waals surface area contributed by atoms with Gasteiger partial charge in [-0.3, -0.25) is 10.1 Å². The normalized spacial score (nSPS) is 10.1. The number of nitrogens with zero attached hydrogens (tertiary/aromatic N) is 2. The first-order valence-corrected chi connectivity index (χ1v) is 6.39. The van der Waals surface area contributed by atoms with Gasteiger partial charge < -0.3 is 4.74 Å². The predicted octanol–water partition coefficient (Wildman–Crippen LogP) is 4.31. The fourth-order valence-corrected chi connectivity index (χ4v) is 1.94. The van der Waals surface area contributed by atoms with Gasteiger partial charge in [0.1, 0.15) is 0 Å². The maximum atomic E-state index is 10.9. The topological polar surface area (TPSA) is 65.3 Å². The van der Waals surface area contributed by atoms with E-state index in [2.05, 4.69) is 36.8 Å². The van der Waals surface area contributed by atoms with E-state index >= 15 is 0 Å². The summed E-state index contributed by atoms with van der Waals surface area (Å²) in [5, 5.41) is 10.9. The lowest BCUT2D eigenvalue weighted by molar-refractivity contribution is -0.385. The van der Waals surface area contributed by atoms with E-state index in [1.807, 2.05) is 0 Å². The molecule has 0 radical (unpaired) electrons. The molecule has 2 rings (SSSR count). The van der Waals surface area contributed by atoms with Crippen LogP contribution in [0.4, 0.5) is 5.69 Å². The molecule has 0 aliphatic rings. The fourth-order valence-electron chi connectivity index (χ4n) is 1.27. The number of ether oxygens (including phenoxy) is 1. The zero-order valence-corrected chi connectivity index (χ0v) is 12.0. The van der Waals surface area contributed by atoms with Crippen LogP contribution in [0.1, 0.15) is 0 Å². The second-order valence-corrected chi connectivity index (χ2v) is 5.03. The highest BCUT2D eigenvalue weighted by molar-refractivity contribution is 9.10. The third-order valence-corrected chi connectivity index (χ3v) is 3.14. The molecule has 0 atom stereocenters. The van der Waals surface area contributed by atoms with Gasteiger partial charge in [0.25, 0.3) is 0 Å². The van der Waals surface area contributed by atoms with Crippen molar-refractivity contribution in [3.05, 3.63) is 55.6 Å². The summed E-state index contributed by atoms with van der Waals surface area (Å²) in [4.78, 5) is 14.4. The molecule has 92 valence electrons. The van der Waals surface area contributed by atoms with Crippen molar-refractivity contribution in [3.8, 4) is 11.6 Å². The van der Waals surface area contributed by atoms with Crippen molar-refractivity contribution in [3.63, 3.8) is 0 Å². The van der Waals surface area contributed by atoms with Crippen LogP contribution < -0.4 is 4.74 Å². The van der Waals surface area contributed by atoms with E-state index in [1.54, 1.807) is 30.5 Å². The first-order valence-electron chi connectivity index (χ1n) is 4.80. The van der Waals surface area contributed by atoms with Gasteiger partial charge in [-0.1, -0.05) is 6.07 Å². The van der Waals surface area contributed by atoms with Crippen molar-refractivity contribution in [2.75, 3.05) is 0 Å². The summed E-state index contributed by atoms with van der Waals surface area (Å²) in [6.07, 6.45) is 1.55. The van der Waals surface area contributed by atoms with Crippen LogP contribution in [0, 0.1) is 10.1 Å². The number of rotatable bonds is 3. The quantitative estimate of drug-likeness (QED) is 0.594. The van der Waals surface area contributed by atoms with E-state index in [1.165, 1.54) is 6.07 Å². The lowest BCUT2D eigenvalue weighted by Crippen LogP contribution is -1.95. The van der Waals surface area contributed by atoms with Crippen molar-refractivity contribution < 1.29 is 9.66 Å². The summed E-state index contributed by atoms with van der Waals surface area (Å²) in [6, 6.07) is 7.97. The van der Waals surface area contributed by atoms with E-state index in [4.69, 9.17) is 4.74 Å². The Kier molecular flexibility index (Phi) is 3.93. The van der Waals surface area contributed by atoms with Crippen LogP contribution in [0.15, 0.2) is 45.5 Å². The highest BCUT2D eigenvalue weighted by atomic mass is 79.9. The third-order valence-electron chi connectivity index (χ3n) is 2.05. The Hall–Kier alpha value is -1.47. The van der Waals surface area contributed by atoms with Crippen LogP contribution in [0.25, 0.3) is 0 Å². The molecule has 0 N–H and O–H groups in total. The van der Waals surface area contributed by atoms with E-state index in [0.717, 1.165) is 4.47 Å². The van der Waals surface area contributed by atoms with Gasteiger partial charge in [-0.25, -0.2) is 4.98 Å². The lowest BCUT2D eigenvalue weighted by atomic mass is 10.3. The van der Waals surface area contributed by atoms with Crippen LogP contribution in [0.3, 0.4) is 0 Å². The summed E-state index contributed by atoms with van der Waals surface area (Å²) < 4.78 is 6.74. The van der Waals surface area contributed by atoms with Crippen LogP contribution in [0.2, 0.25) is 0 Å². The minimum absolute atomic E-state index is 0.117. The van der Waals surface area contributed by atoms with Gasteiger partial charge in [0, 0.05) is 22.8 Å². The predicted molar refractivity (Wildman–Crippen MR) is 72.8 cm³/mol. The maximum Gasteiger partial charge on any atom is 0.312 e. The monoisotopic (exact) mass is 372 g/mol. The van der Waals surface area contributed by atoms with Crippen LogP contribution in [-0.2, 0) is 0 Å². The highest BCUT2D eigenvalue weighted by Crippen LogP contribution is 2.37. The van der Waals surface area contributed by atoms with Crippen molar-refractivity contribution in [1.82, 2.24) is 4.98 Å². The molecular weight excluding hydrogens is 368 g/mol. The Morgan fingerprint density at radius 2 is 2.00 bits per heavy atom. The summed E-state index contributed by atoms with van der Waals surface area (Å²) in [7, 11) is 0. The standard InChI is InChI=1S/C11H6Br2N2O3/c12-7-4-5-10(14-6-7)18-11-8(13)2-1-3-9(11)15(16)17/h1-6H. The summed E-state index contributed by atoms with van der Waals surface area (Å²) in [6.45, 7) is 0. The van der Waals surface area contributed by atoms with Gasteiger partial charge in [0.15, 0.2) is 0 Å². The Labute approximate surface area is 119 Å². The van der Waals surface area contributed by atoms with E-state index < -0.39 is 4.92 Å². The number of pyridine rings is 1. The zero-order valence-electron chi connectivity index (χ0n) is 8.84. The average molecular weight is 374 g/mol. The molecule has 0 spiro atoms. The van der Waals surface area contributed by atoms with E-state index in [-0.39, 0.29) is 17.3 Å². The maximum absolute atomic E-state index is 10.9. The number of aromatic nitrogens is 1. The fraction of sp³-hybridized carbons (Fsp3) is 0. The van der Waals surface area contributed by atoms with Gasteiger partial charge in [0.05, 0.1) is 9.40 Å². The molecule has 1 aromatic carbocycles.